The van der Waals surface area contributed by atoms with Gasteiger partial charge in [-0.1, -0.05) is 38.1 Å². The fraction of sp³-hybridized carbons (Fsp3) is 0.429. The molecule has 2 aromatic rings. The molecule has 0 spiro atoms. The van der Waals surface area contributed by atoms with E-state index in [1.807, 2.05) is 31.2 Å². The maximum Gasteiger partial charge on any atom is 0.305 e. The zero-order valence-electron chi connectivity index (χ0n) is 11.7. The molecular formula is C14H18N4O2. The predicted octanol–water partition coefficient (Wildman–Crippen LogP) is 2.33. The van der Waals surface area contributed by atoms with E-state index in [1.165, 1.54) is 0 Å². The minimum atomic E-state index is -0.845. The van der Waals surface area contributed by atoms with Crippen LogP contribution in [0.5, 0.6) is 0 Å². The number of hydrogen-bond acceptors (Lipinski definition) is 4. The highest BCUT2D eigenvalue weighted by molar-refractivity contribution is 5.67. The van der Waals surface area contributed by atoms with E-state index in [0.717, 1.165) is 17.5 Å². The number of carboxylic acids is 1. The van der Waals surface area contributed by atoms with Crippen LogP contribution in [0.15, 0.2) is 24.3 Å². The van der Waals surface area contributed by atoms with Crippen LogP contribution >= 0.6 is 0 Å². The van der Waals surface area contributed by atoms with Gasteiger partial charge in [-0.2, -0.15) is 0 Å². The second-order valence-corrected chi connectivity index (χ2v) is 4.62. The largest absolute Gasteiger partial charge is 0.481 e. The molecule has 6 nitrogen and oxygen atoms in total. The molecule has 0 bridgehead atoms. The Morgan fingerprint density at radius 3 is 2.75 bits per heavy atom. The maximum atomic E-state index is 11.0. The number of aromatic nitrogens is 4. The van der Waals surface area contributed by atoms with Crippen molar-refractivity contribution >= 4 is 5.97 Å². The average molecular weight is 274 g/mol. The number of carbonyl (C=O) groups is 1. The Morgan fingerprint density at radius 1 is 1.35 bits per heavy atom. The molecule has 1 N–H and O–H groups in total. The monoisotopic (exact) mass is 274 g/mol. The smallest absolute Gasteiger partial charge is 0.305 e. The standard InChI is InChI=1S/C14H18N4O2/c1-3-10-7-5-6-8-12(10)14-15-16-17-18(14)11(4-2)9-13(19)20/h5-8,11H,3-4,9H2,1-2H3,(H,19,20). The number of hydrogen-bond donors (Lipinski definition) is 1. The van der Waals surface area contributed by atoms with Gasteiger partial charge in [0.25, 0.3) is 0 Å². The molecule has 0 radical (unpaired) electrons. The number of nitrogens with zero attached hydrogens (tertiary/aromatic N) is 4. The first kappa shape index (κ1) is 14.2. The molecule has 1 atom stereocenters. The van der Waals surface area contributed by atoms with Gasteiger partial charge in [-0.05, 0) is 28.8 Å². The Balaban J connectivity index is 2.44. The highest BCUT2D eigenvalue weighted by Gasteiger charge is 2.20. The fourth-order valence-electron chi connectivity index (χ4n) is 2.27. The van der Waals surface area contributed by atoms with Gasteiger partial charge >= 0.3 is 5.97 Å². The molecular weight excluding hydrogens is 256 g/mol. The van der Waals surface area contributed by atoms with E-state index >= 15 is 0 Å². The minimum absolute atomic E-state index is 0.0167. The Bertz CT molecular complexity index is 594. The van der Waals surface area contributed by atoms with Crippen LogP contribution in [0, 0.1) is 0 Å². The number of rotatable bonds is 6. The van der Waals surface area contributed by atoms with Gasteiger partial charge < -0.3 is 5.11 Å². The third-order valence-corrected chi connectivity index (χ3v) is 3.36. The molecule has 6 heteroatoms. The first-order chi connectivity index (χ1) is 9.67. The SMILES string of the molecule is CCc1ccccc1-c1nnnn1C(CC)CC(=O)O. The average Bonchev–Trinajstić information content (AvgIpc) is 2.93. The van der Waals surface area contributed by atoms with Crippen molar-refractivity contribution in [2.75, 3.05) is 0 Å². The van der Waals surface area contributed by atoms with Gasteiger partial charge in [0, 0.05) is 5.56 Å². The molecule has 1 aromatic carbocycles. The molecule has 2 rings (SSSR count). The number of benzene rings is 1. The lowest BCUT2D eigenvalue weighted by Crippen LogP contribution is -2.16. The molecule has 0 aliphatic heterocycles. The molecule has 106 valence electrons. The van der Waals surface area contributed by atoms with Gasteiger partial charge in [0.2, 0.25) is 0 Å². The summed E-state index contributed by atoms with van der Waals surface area (Å²) in [5.41, 5.74) is 2.11. The maximum absolute atomic E-state index is 11.0. The second-order valence-electron chi connectivity index (χ2n) is 4.62. The van der Waals surface area contributed by atoms with E-state index < -0.39 is 5.97 Å². The van der Waals surface area contributed by atoms with E-state index in [1.54, 1.807) is 4.68 Å². The van der Waals surface area contributed by atoms with Gasteiger partial charge in [0.05, 0.1) is 12.5 Å². The summed E-state index contributed by atoms with van der Waals surface area (Å²) < 4.78 is 1.63. The molecule has 1 unspecified atom stereocenters. The summed E-state index contributed by atoms with van der Waals surface area (Å²) in [4.78, 5) is 11.0. The van der Waals surface area contributed by atoms with Gasteiger partial charge in [-0.3, -0.25) is 4.79 Å². The van der Waals surface area contributed by atoms with Crippen molar-refractivity contribution in [3.8, 4) is 11.4 Å². The summed E-state index contributed by atoms with van der Waals surface area (Å²) in [6, 6.07) is 7.68. The van der Waals surface area contributed by atoms with Crippen LogP contribution in [0.3, 0.4) is 0 Å². The first-order valence-electron chi connectivity index (χ1n) is 6.75. The van der Waals surface area contributed by atoms with Gasteiger partial charge in [-0.15, -0.1) is 5.10 Å². The zero-order chi connectivity index (χ0) is 14.5. The summed E-state index contributed by atoms with van der Waals surface area (Å²) >= 11 is 0. The van der Waals surface area contributed by atoms with Crippen molar-refractivity contribution in [2.24, 2.45) is 0 Å². The molecule has 0 amide bonds. The van der Waals surface area contributed by atoms with Crippen molar-refractivity contribution < 1.29 is 9.90 Å². The quantitative estimate of drug-likeness (QED) is 0.874. The Labute approximate surface area is 117 Å². The molecule has 0 fully saturated rings. The molecule has 0 saturated carbocycles. The Hall–Kier alpha value is -2.24. The van der Waals surface area contributed by atoms with Crippen LogP contribution in [0.2, 0.25) is 0 Å². The second kappa shape index (κ2) is 6.27. The first-order valence-corrected chi connectivity index (χ1v) is 6.75. The molecule has 0 saturated heterocycles. The number of carboxylic acid groups (broad SMARTS) is 1. The highest BCUT2D eigenvalue weighted by Crippen LogP contribution is 2.26. The van der Waals surface area contributed by atoms with Crippen molar-refractivity contribution in [2.45, 2.75) is 39.2 Å². The molecule has 0 aliphatic carbocycles. The lowest BCUT2D eigenvalue weighted by atomic mass is 10.0. The van der Waals surface area contributed by atoms with E-state index in [9.17, 15) is 4.79 Å². The van der Waals surface area contributed by atoms with E-state index in [-0.39, 0.29) is 12.5 Å². The fourth-order valence-corrected chi connectivity index (χ4v) is 2.27. The van der Waals surface area contributed by atoms with Crippen LogP contribution < -0.4 is 0 Å². The third kappa shape index (κ3) is 2.84. The summed E-state index contributed by atoms with van der Waals surface area (Å²) in [6.07, 6.45) is 1.56. The van der Waals surface area contributed by atoms with Gasteiger partial charge in [-0.25, -0.2) is 4.68 Å². The van der Waals surface area contributed by atoms with Crippen LogP contribution in [0.4, 0.5) is 0 Å². The third-order valence-electron chi connectivity index (χ3n) is 3.36. The zero-order valence-corrected chi connectivity index (χ0v) is 11.7. The van der Waals surface area contributed by atoms with Crippen molar-refractivity contribution in [3.63, 3.8) is 0 Å². The highest BCUT2D eigenvalue weighted by atomic mass is 16.4. The van der Waals surface area contributed by atoms with E-state index in [4.69, 9.17) is 5.11 Å². The van der Waals surface area contributed by atoms with Gasteiger partial charge in [0.1, 0.15) is 0 Å². The van der Waals surface area contributed by atoms with Crippen LogP contribution in [-0.4, -0.2) is 31.3 Å². The van der Waals surface area contributed by atoms with Crippen LogP contribution in [0.1, 0.15) is 38.3 Å². The van der Waals surface area contributed by atoms with Crippen molar-refractivity contribution in [1.82, 2.24) is 20.2 Å². The summed E-state index contributed by atoms with van der Waals surface area (Å²) in [6.45, 7) is 4.01. The van der Waals surface area contributed by atoms with Crippen molar-refractivity contribution in [1.29, 1.82) is 0 Å². The number of aryl methyl sites for hydroxylation is 1. The van der Waals surface area contributed by atoms with E-state index in [0.29, 0.717) is 12.2 Å². The molecule has 20 heavy (non-hydrogen) atoms. The van der Waals surface area contributed by atoms with Crippen LogP contribution in [-0.2, 0) is 11.2 Å². The summed E-state index contributed by atoms with van der Waals surface area (Å²) in [5, 5.41) is 20.8. The lowest BCUT2D eigenvalue weighted by molar-refractivity contribution is -0.138. The molecule has 0 aliphatic rings. The number of aliphatic carboxylic acids is 1. The Kier molecular flexibility index (Phi) is 4.45. The molecule has 1 heterocycles. The summed E-state index contributed by atoms with van der Waals surface area (Å²) in [5.74, 6) is -0.211. The lowest BCUT2D eigenvalue weighted by Gasteiger charge is -2.15. The van der Waals surface area contributed by atoms with Crippen molar-refractivity contribution in [3.05, 3.63) is 29.8 Å². The van der Waals surface area contributed by atoms with Gasteiger partial charge in [0.15, 0.2) is 5.82 Å². The predicted molar refractivity (Wildman–Crippen MR) is 74.2 cm³/mol. The minimum Gasteiger partial charge on any atom is -0.481 e. The van der Waals surface area contributed by atoms with Crippen LogP contribution in [0.25, 0.3) is 11.4 Å². The topological polar surface area (TPSA) is 80.9 Å². The normalized spacial score (nSPS) is 12.3. The molecule has 1 aromatic heterocycles. The number of tetrazole rings is 1. The van der Waals surface area contributed by atoms with E-state index in [2.05, 4.69) is 22.4 Å². The Morgan fingerprint density at radius 2 is 2.10 bits per heavy atom. The summed E-state index contributed by atoms with van der Waals surface area (Å²) in [7, 11) is 0.